The van der Waals surface area contributed by atoms with Crippen LogP contribution in [0.5, 0.6) is 0 Å². The number of hydrogen-bond donors (Lipinski definition) is 1. The highest BCUT2D eigenvalue weighted by Crippen LogP contribution is 2.30. The minimum atomic E-state index is -0.624. The van der Waals surface area contributed by atoms with E-state index in [1.807, 2.05) is 0 Å². The Labute approximate surface area is 140 Å². The summed E-state index contributed by atoms with van der Waals surface area (Å²) in [5.41, 5.74) is 0.721. The first-order valence-electron chi connectivity index (χ1n) is 8.07. The second-order valence-electron chi connectivity index (χ2n) is 6.01. The number of rotatable bonds is 4. The van der Waals surface area contributed by atoms with E-state index in [2.05, 4.69) is 0 Å². The molecule has 1 aliphatic heterocycles. The molecular weight excluding hydrogens is 309 g/mol. The summed E-state index contributed by atoms with van der Waals surface area (Å²) < 4.78 is 18.1. The Morgan fingerprint density at radius 3 is 2.58 bits per heavy atom. The molecule has 1 amide bonds. The highest BCUT2D eigenvalue weighted by atomic mass is 19.1. The van der Waals surface area contributed by atoms with Gasteiger partial charge in [-0.3, -0.25) is 4.79 Å². The van der Waals surface area contributed by atoms with Crippen molar-refractivity contribution in [1.29, 1.82) is 0 Å². The summed E-state index contributed by atoms with van der Waals surface area (Å²) in [5.74, 6) is 0.356. The van der Waals surface area contributed by atoms with Crippen molar-refractivity contribution < 1.29 is 18.7 Å². The Hall–Kier alpha value is -2.40. The number of likely N-dealkylation sites (tertiary alicyclic amines) is 1. The van der Waals surface area contributed by atoms with Crippen molar-refractivity contribution >= 4 is 12.0 Å². The fraction of sp³-hybridized carbons (Fsp3) is 0.316. The number of benzene rings is 1. The lowest BCUT2D eigenvalue weighted by Gasteiger charge is -2.33. The lowest BCUT2D eigenvalue weighted by Crippen LogP contribution is -2.38. The van der Waals surface area contributed by atoms with Crippen molar-refractivity contribution in [3.8, 4) is 0 Å². The lowest BCUT2D eigenvalue weighted by atomic mass is 9.87. The number of carbonyl (C=O) groups is 1. The predicted octanol–water partition coefficient (Wildman–Crippen LogP) is 3.40. The topological polar surface area (TPSA) is 53.7 Å². The summed E-state index contributed by atoms with van der Waals surface area (Å²) >= 11 is 0. The molecule has 24 heavy (non-hydrogen) atoms. The minimum absolute atomic E-state index is 0.0545. The Bertz CT molecular complexity index is 686. The molecule has 1 N–H and O–H groups in total. The smallest absolute Gasteiger partial charge is 0.246 e. The van der Waals surface area contributed by atoms with Gasteiger partial charge < -0.3 is 14.4 Å². The summed E-state index contributed by atoms with van der Waals surface area (Å²) in [6.45, 7) is 1.20. The number of aliphatic hydroxyl groups excluding tert-OH is 1. The standard InChI is InChI=1S/C19H20FNO3/c20-16-5-3-14(4-6-16)19(23)15-9-11-21(12-10-15)18(22)8-7-17-2-1-13-24-17/h1-8,13,15,19,23H,9-12H2/b8-7+/t19-/m1/s1. The second kappa shape index (κ2) is 7.45. The van der Waals surface area contributed by atoms with Crippen LogP contribution in [0.4, 0.5) is 4.39 Å². The van der Waals surface area contributed by atoms with E-state index in [9.17, 15) is 14.3 Å². The average molecular weight is 329 g/mol. The number of hydrogen-bond acceptors (Lipinski definition) is 3. The maximum Gasteiger partial charge on any atom is 0.246 e. The molecule has 1 aromatic carbocycles. The van der Waals surface area contributed by atoms with Gasteiger partial charge in [0, 0.05) is 19.2 Å². The maximum atomic E-state index is 13.0. The molecule has 1 fully saturated rings. The minimum Gasteiger partial charge on any atom is -0.465 e. The number of carbonyl (C=O) groups excluding carboxylic acids is 1. The van der Waals surface area contributed by atoms with Gasteiger partial charge in [0.15, 0.2) is 0 Å². The van der Waals surface area contributed by atoms with Gasteiger partial charge in [-0.1, -0.05) is 12.1 Å². The molecule has 0 radical (unpaired) electrons. The van der Waals surface area contributed by atoms with E-state index >= 15 is 0 Å². The van der Waals surface area contributed by atoms with Gasteiger partial charge in [-0.05, 0) is 54.7 Å². The molecule has 0 spiro atoms. The van der Waals surface area contributed by atoms with Gasteiger partial charge in [0.25, 0.3) is 0 Å². The van der Waals surface area contributed by atoms with Gasteiger partial charge in [0.05, 0.1) is 12.4 Å². The van der Waals surface area contributed by atoms with Gasteiger partial charge in [0.2, 0.25) is 5.91 Å². The summed E-state index contributed by atoms with van der Waals surface area (Å²) in [4.78, 5) is 13.9. The third-order valence-corrected chi connectivity index (χ3v) is 4.44. The number of nitrogens with zero attached hydrogens (tertiary/aromatic N) is 1. The summed E-state index contributed by atoms with van der Waals surface area (Å²) in [7, 11) is 0. The predicted molar refractivity (Wildman–Crippen MR) is 88.4 cm³/mol. The van der Waals surface area contributed by atoms with Crippen LogP contribution in [0.1, 0.15) is 30.3 Å². The molecule has 0 bridgehead atoms. The van der Waals surface area contributed by atoms with Gasteiger partial charge in [-0.15, -0.1) is 0 Å². The SMILES string of the molecule is O=C(/C=C/c1ccco1)N1CCC([C@H](O)c2ccc(F)cc2)CC1. The van der Waals surface area contributed by atoms with Crippen LogP contribution in [-0.2, 0) is 4.79 Å². The number of piperidine rings is 1. The quantitative estimate of drug-likeness (QED) is 0.875. The molecule has 5 heteroatoms. The maximum absolute atomic E-state index is 13.0. The fourth-order valence-electron chi connectivity index (χ4n) is 3.01. The lowest BCUT2D eigenvalue weighted by molar-refractivity contribution is -0.127. The summed E-state index contributed by atoms with van der Waals surface area (Å²) in [5, 5.41) is 10.4. The third kappa shape index (κ3) is 3.92. The van der Waals surface area contributed by atoms with Crippen LogP contribution in [0.15, 0.2) is 53.2 Å². The second-order valence-corrected chi connectivity index (χ2v) is 6.01. The van der Waals surface area contributed by atoms with Crippen molar-refractivity contribution in [1.82, 2.24) is 4.90 Å². The van der Waals surface area contributed by atoms with E-state index in [1.54, 1.807) is 41.5 Å². The van der Waals surface area contributed by atoms with E-state index in [0.717, 1.165) is 18.4 Å². The van der Waals surface area contributed by atoms with Crippen molar-refractivity contribution in [2.75, 3.05) is 13.1 Å². The van der Waals surface area contributed by atoms with Gasteiger partial charge in [-0.2, -0.15) is 0 Å². The largest absolute Gasteiger partial charge is 0.465 e. The molecule has 0 aliphatic carbocycles. The molecular formula is C19H20FNO3. The first kappa shape index (κ1) is 16.5. The zero-order valence-corrected chi connectivity index (χ0v) is 13.3. The molecule has 1 aliphatic rings. The molecule has 4 nitrogen and oxygen atoms in total. The molecule has 0 unspecified atom stereocenters. The molecule has 126 valence electrons. The average Bonchev–Trinajstić information content (AvgIpc) is 3.13. The zero-order valence-electron chi connectivity index (χ0n) is 13.3. The Balaban J connectivity index is 1.53. The zero-order chi connectivity index (χ0) is 16.9. The van der Waals surface area contributed by atoms with Crippen LogP contribution in [-0.4, -0.2) is 29.0 Å². The van der Waals surface area contributed by atoms with Gasteiger partial charge in [-0.25, -0.2) is 4.39 Å². The number of furan rings is 1. The number of halogens is 1. The molecule has 1 aromatic heterocycles. The first-order chi connectivity index (χ1) is 11.6. The van der Waals surface area contributed by atoms with E-state index in [-0.39, 0.29) is 17.6 Å². The van der Waals surface area contributed by atoms with E-state index in [0.29, 0.717) is 18.8 Å². The summed E-state index contributed by atoms with van der Waals surface area (Å²) in [6, 6.07) is 9.50. The fourth-order valence-corrected chi connectivity index (χ4v) is 3.01. The van der Waals surface area contributed by atoms with Crippen LogP contribution >= 0.6 is 0 Å². The van der Waals surface area contributed by atoms with Crippen LogP contribution in [0.25, 0.3) is 6.08 Å². The van der Waals surface area contributed by atoms with E-state index < -0.39 is 6.10 Å². The first-order valence-corrected chi connectivity index (χ1v) is 8.07. The highest BCUT2D eigenvalue weighted by molar-refractivity contribution is 5.91. The van der Waals surface area contributed by atoms with Crippen molar-refractivity contribution in [3.63, 3.8) is 0 Å². The van der Waals surface area contributed by atoms with Crippen molar-refractivity contribution in [2.45, 2.75) is 18.9 Å². The van der Waals surface area contributed by atoms with Crippen LogP contribution < -0.4 is 0 Å². The van der Waals surface area contributed by atoms with Crippen molar-refractivity contribution in [3.05, 3.63) is 65.9 Å². The monoisotopic (exact) mass is 329 g/mol. The van der Waals surface area contributed by atoms with Crippen molar-refractivity contribution in [2.24, 2.45) is 5.92 Å². The molecule has 0 saturated carbocycles. The summed E-state index contributed by atoms with van der Waals surface area (Å²) in [6.07, 6.45) is 5.54. The van der Waals surface area contributed by atoms with Crippen LogP contribution in [0.2, 0.25) is 0 Å². The molecule has 1 saturated heterocycles. The van der Waals surface area contributed by atoms with E-state index in [4.69, 9.17) is 4.42 Å². The highest BCUT2D eigenvalue weighted by Gasteiger charge is 2.27. The number of amides is 1. The normalized spacial score (nSPS) is 17.3. The molecule has 2 heterocycles. The Kier molecular flexibility index (Phi) is 5.11. The molecule has 1 atom stereocenters. The van der Waals surface area contributed by atoms with Crippen LogP contribution in [0.3, 0.4) is 0 Å². The van der Waals surface area contributed by atoms with Gasteiger partial charge >= 0.3 is 0 Å². The third-order valence-electron chi connectivity index (χ3n) is 4.44. The van der Waals surface area contributed by atoms with Gasteiger partial charge in [0.1, 0.15) is 11.6 Å². The Morgan fingerprint density at radius 1 is 1.25 bits per heavy atom. The Morgan fingerprint density at radius 2 is 1.96 bits per heavy atom. The van der Waals surface area contributed by atoms with Crippen LogP contribution in [0, 0.1) is 11.7 Å². The molecule has 3 rings (SSSR count). The number of aliphatic hydroxyl groups is 1. The van der Waals surface area contributed by atoms with E-state index in [1.165, 1.54) is 18.2 Å². The molecule has 2 aromatic rings.